The van der Waals surface area contributed by atoms with Gasteiger partial charge in [0.2, 0.25) is 0 Å². The molecule has 0 saturated heterocycles. The van der Waals surface area contributed by atoms with Gasteiger partial charge in [0, 0.05) is 12.6 Å². The second-order valence-electron chi connectivity index (χ2n) is 6.26. The van der Waals surface area contributed by atoms with Crippen molar-refractivity contribution in [2.45, 2.75) is 52.7 Å². The van der Waals surface area contributed by atoms with Gasteiger partial charge in [0.25, 0.3) is 5.91 Å². The first kappa shape index (κ1) is 15.8. The molecule has 2 N–H and O–H groups in total. The molecule has 1 aromatic carbocycles. The van der Waals surface area contributed by atoms with Crippen molar-refractivity contribution in [2.24, 2.45) is 11.7 Å². The van der Waals surface area contributed by atoms with Crippen LogP contribution in [-0.2, 0) is 11.2 Å². The molecule has 0 bridgehead atoms. The Labute approximate surface area is 127 Å². The molecule has 116 valence electrons. The Bertz CT molecular complexity index is 512. The van der Waals surface area contributed by atoms with Crippen molar-refractivity contribution in [1.82, 2.24) is 0 Å². The molecule has 0 aromatic heterocycles. The predicted octanol–water partition coefficient (Wildman–Crippen LogP) is 2.74. The molecule has 1 aromatic rings. The number of hydrogen-bond donors (Lipinski definition) is 1. The summed E-state index contributed by atoms with van der Waals surface area (Å²) in [6, 6.07) is 6.16. The highest BCUT2D eigenvalue weighted by Crippen LogP contribution is 2.36. The summed E-state index contributed by atoms with van der Waals surface area (Å²) < 4.78 is 5.92. The quantitative estimate of drug-likeness (QED) is 0.907. The Morgan fingerprint density at radius 2 is 2.05 bits per heavy atom. The van der Waals surface area contributed by atoms with Crippen molar-refractivity contribution >= 4 is 11.6 Å². The maximum Gasteiger partial charge on any atom is 0.268 e. The van der Waals surface area contributed by atoms with Crippen LogP contribution in [-0.4, -0.2) is 24.6 Å². The van der Waals surface area contributed by atoms with Gasteiger partial charge in [0.1, 0.15) is 5.75 Å². The van der Waals surface area contributed by atoms with Crippen LogP contribution in [0.3, 0.4) is 0 Å². The zero-order chi connectivity index (χ0) is 15.6. The average Bonchev–Trinajstić information content (AvgIpc) is 2.41. The van der Waals surface area contributed by atoms with Gasteiger partial charge in [-0.1, -0.05) is 26.8 Å². The van der Waals surface area contributed by atoms with E-state index in [1.165, 1.54) is 0 Å². The number of ether oxygens (including phenoxy) is 1. The second-order valence-corrected chi connectivity index (χ2v) is 6.26. The molecule has 4 heteroatoms. The zero-order valence-electron chi connectivity index (χ0n) is 13.4. The number of amides is 1. The van der Waals surface area contributed by atoms with Crippen LogP contribution < -0.4 is 15.4 Å². The molecule has 0 fully saturated rings. The van der Waals surface area contributed by atoms with Crippen LogP contribution in [0.5, 0.6) is 5.75 Å². The molecule has 1 aliphatic rings. The summed E-state index contributed by atoms with van der Waals surface area (Å²) in [7, 11) is 0. The topological polar surface area (TPSA) is 55.6 Å². The van der Waals surface area contributed by atoms with E-state index in [1.54, 1.807) is 0 Å². The third-order valence-electron chi connectivity index (χ3n) is 3.69. The molecule has 2 unspecified atom stereocenters. The molecule has 0 saturated carbocycles. The number of benzene rings is 1. The Morgan fingerprint density at radius 3 is 2.62 bits per heavy atom. The number of fused-ring (bicyclic) bond motifs is 1. The van der Waals surface area contributed by atoms with E-state index in [1.807, 2.05) is 43.9 Å². The van der Waals surface area contributed by atoms with Gasteiger partial charge >= 0.3 is 0 Å². The van der Waals surface area contributed by atoms with E-state index in [9.17, 15) is 4.79 Å². The monoisotopic (exact) mass is 290 g/mol. The molecule has 21 heavy (non-hydrogen) atoms. The largest absolute Gasteiger partial charge is 0.478 e. The molecule has 1 heterocycles. The molecule has 4 nitrogen and oxygen atoms in total. The van der Waals surface area contributed by atoms with E-state index >= 15 is 0 Å². The van der Waals surface area contributed by atoms with Crippen LogP contribution in [0.1, 0.15) is 39.7 Å². The molecule has 0 spiro atoms. The number of carbonyl (C=O) groups is 1. The van der Waals surface area contributed by atoms with Crippen LogP contribution >= 0.6 is 0 Å². The van der Waals surface area contributed by atoms with Gasteiger partial charge in [0.05, 0.1) is 5.69 Å². The predicted molar refractivity (Wildman–Crippen MR) is 85.7 cm³/mol. The summed E-state index contributed by atoms with van der Waals surface area (Å²) in [5, 5.41) is 0. The van der Waals surface area contributed by atoms with Crippen molar-refractivity contribution in [2.75, 3.05) is 11.4 Å². The molecule has 1 amide bonds. The van der Waals surface area contributed by atoms with Gasteiger partial charge in [-0.15, -0.1) is 0 Å². The number of rotatable bonds is 5. The summed E-state index contributed by atoms with van der Waals surface area (Å²) >= 11 is 0. The number of nitrogens with zero attached hydrogens (tertiary/aromatic N) is 1. The minimum Gasteiger partial charge on any atom is -0.478 e. The van der Waals surface area contributed by atoms with E-state index in [-0.39, 0.29) is 24.0 Å². The fraction of sp³-hybridized carbons (Fsp3) is 0.588. The van der Waals surface area contributed by atoms with E-state index in [0.29, 0.717) is 0 Å². The number of anilines is 1. The smallest absolute Gasteiger partial charge is 0.268 e. The lowest BCUT2D eigenvalue weighted by Gasteiger charge is -2.36. The van der Waals surface area contributed by atoms with Gasteiger partial charge in [-0.05, 0) is 43.4 Å². The summed E-state index contributed by atoms with van der Waals surface area (Å²) in [4.78, 5) is 14.5. The van der Waals surface area contributed by atoms with Crippen LogP contribution in [0.2, 0.25) is 0 Å². The van der Waals surface area contributed by atoms with Crippen molar-refractivity contribution in [3.05, 3.63) is 23.8 Å². The van der Waals surface area contributed by atoms with Crippen LogP contribution in [0.25, 0.3) is 0 Å². The highest BCUT2D eigenvalue weighted by molar-refractivity contribution is 6.00. The highest BCUT2D eigenvalue weighted by atomic mass is 16.5. The summed E-state index contributed by atoms with van der Waals surface area (Å²) in [5.41, 5.74) is 7.90. The summed E-state index contributed by atoms with van der Waals surface area (Å²) in [6.07, 6.45) is 1.34. The fourth-order valence-corrected chi connectivity index (χ4v) is 2.71. The van der Waals surface area contributed by atoms with Crippen LogP contribution in [0.4, 0.5) is 5.69 Å². The lowest BCUT2D eigenvalue weighted by Crippen LogP contribution is -2.48. The third kappa shape index (κ3) is 3.38. The van der Waals surface area contributed by atoms with Crippen LogP contribution in [0, 0.1) is 5.92 Å². The maximum absolute atomic E-state index is 12.6. The molecule has 2 atom stereocenters. The second kappa shape index (κ2) is 6.48. The van der Waals surface area contributed by atoms with Crippen molar-refractivity contribution in [3.8, 4) is 5.75 Å². The first-order valence-electron chi connectivity index (χ1n) is 7.80. The standard InChI is InChI=1S/C17H26N2O2/c1-5-8-19-14-10-13(9-12(4)18)6-7-15(14)21-16(11(2)3)17(19)20/h6-7,10-12,16H,5,8-9,18H2,1-4H3. The molecule has 0 aliphatic carbocycles. The molecular formula is C17H26N2O2. The molecule has 2 rings (SSSR count). The van der Waals surface area contributed by atoms with Gasteiger partial charge in [-0.25, -0.2) is 0 Å². The van der Waals surface area contributed by atoms with E-state index < -0.39 is 0 Å². The zero-order valence-corrected chi connectivity index (χ0v) is 13.4. The van der Waals surface area contributed by atoms with E-state index in [0.717, 1.165) is 36.4 Å². The van der Waals surface area contributed by atoms with Crippen molar-refractivity contribution < 1.29 is 9.53 Å². The van der Waals surface area contributed by atoms with Crippen molar-refractivity contribution in [3.63, 3.8) is 0 Å². The normalized spacial score (nSPS) is 19.4. The Morgan fingerprint density at radius 1 is 1.33 bits per heavy atom. The minimum absolute atomic E-state index is 0.0669. The molecule has 0 radical (unpaired) electrons. The van der Waals surface area contributed by atoms with E-state index in [2.05, 4.69) is 6.92 Å². The summed E-state index contributed by atoms with van der Waals surface area (Å²) in [6.45, 7) is 8.82. The fourth-order valence-electron chi connectivity index (χ4n) is 2.71. The lowest BCUT2D eigenvalue weighted by atomic mass is 10.0. The Kier molecular flexibility index (Phi) is 4.88. The lowest BCUT2D eigenvalue weighted by molar-refractivity contribution is -0.128. The minimum atomic E-state index is -0.386. The van der Waals surface area contributed by atoms with Gasteiger partial charge < -0.3 is 15.4 Å². The maximum atomic E-state index is 12.6. The average molecular weight is 290 g/mol. The summed E-state index contributed by atoms with van der Waals surface area (Å²) in [5.74, 6) is 1.03. The highest BCUT2D eigenvalue weighted by Gasteiger charge is 2.35. The first-order valence-corrected chi connectivity index (χ1v) is 7.80. The SMILES string of the molecule is CCCN1C(=O)C(C(C)C)Oc2ccc(CC(C)N)cc21. The van der Waals surface area contributed by atoms with Gasteiger partial charge in [0.15, 0.2) is 6.10 Å². The third-order valence-corrected chi connectivity index (χ3v) is 3.69. The van der Waals surface area contributed by atoms with Gasteiger partial charge in [-0.3, -0.25) is 4.79 Å². The molecular weight excluding hydrogens is 264 g/mol. The van der Waals surface area contributed by atoms with Gasteiger partial charge in [-0.2, -0.15) is 0 Å². The number of carbonyl (C=O) groups excluding carboxylic acids is 1. The van der Waals surface area contributed by atoms with Crippen molar-refractivity contribution in [1.29, 1.82) is 0 Å². The Balaban J connectivity index is 2.39. The molecule has 1 aliphatic heterocycles. The number of hydrogen-bond acceptors (Lipinski definition) is 3. The van der Waals surface area contributed by atoms with Crippen LogP contribution in [0.15, 0.2) is 18.2 Å². The van der Waals surface area contributed by atoms with E-state index in [4.69, 9.17) is 10.5 Å². The first-order chi connectivity index (χ1) is 9.93. The Hall–Kier alpha value is -1.55. The number of nitrogens with two attached hydrogens (primary N) is 1.